The van der Waals surface area contributed by atoms with E-state index in [-0.39, 0.29) is 5.60 Å². The van der Waals surface area contributed by atoms with Crippen LogP contribution in [-0.4, -0.2) is 30.6 Å². The van der Waals surface area contributed by atoms with E-state index < -0.39 is 0 Å². The Kier molecular flexibility index (Phi) is 5.31. The fraction of sp³-hybridized carbons (Fsp3) is 0.500. The summed E-state index contributed by atoms with van der Waals surface area (Å²) in [5.74, 6) is 1.76. The van der Waals surface area contributed by atoms with Gasteiger partial charge in [0.05, 0.1) is 0 Å². The van der Waals surface area contributed by atoms with Gasteiger partial charge in [-0.1, -0.05) is 55.0 Å². The summed E-state index contributed by atoms with van der Waals surface area (Å²) in [5.41, 5.74) is 2.96. The summed E-state index contributed by atoms with van der Waals surface area (Å²) in [5, 5.41) is 0. The first-order valence-corrected chi connectivity index (χ1v) is 10.3. The Morgan fingerprint density at radius 2 is 1.81 bits per heavy atom. The van der Waals surface area contributed by atoms with Crippen LogP contribution in [0.15, 0.2) is 54.6 Å². The second-order valence-corrected chi connectivity index (χ2v) is 8.15. The minimum Gasteiger partial charge on any atom is -0.486 e. The SMILES string of the molecule is CN(CCC[C@]12CCCC[C@H]1c1ccccc1O2)CCc1ccccc1. The fourth-order valence-electron chi connectivity index (χ4n) is 4.93. The fourth-order valence-corrected chi connectivity index (χ4v) is 4.93. The molecule has 1 saturated carbocycles. The lowest BCUT2D eigenvalue weighted by atomic mass is 9.71. The number of para-hydroxylation sites is 1. The molecule has 0 unspecified atom stereocenters. The zero-order valence-corrected chi connectivity index (χ0v) is 16.0. The van der Waals surface area contributed by atoms with Gasteiger partial charge in [0, 0.05) is 18.0 Å². The number of hydrogen-bond donors (Lipinski definition) is 0. The van der Waals surface area contributed by atoms with Crippen LogP contribution in [0.3, 0.4) is 0 Å². The summed E-state index contributed by atoms with van der Waals surface area (Å²) >= 11 is 0. The summed E-state index contributed by atoms with van der Waals surface area (Å²) in [6.45, 7) is 2.28. The van der Waals surface area contributed by atoms with Crippen molar-refractivity contribution >= 4 is 0 Å². The summed E-state index contributed by atoms with van der Waals surface area (Å²) in [6, 6.07) is 19.5. The molecule has 0 N–H and O–H groups in total. The van der Waals surface area contributed by atoms with Gasteiger partial charge >= 0.3 is 0 Å². The highest BCUT2D eigenvalue weighted by Gasteiger charge is 2.48. The Morgan fingerprint density at radius 3 is 2.69 bits per heavy atom. The highest BCUT2D eigenvalue weighted by atomic mass is 16.5. The summed E-state index contributed by atoms with van der Waals surface area (Å²) in [4.78, 5) is 2.48. The van der Waals surface area contributed by atoms with E-state index in [2.05, 4.69) is 66.5 Å². The van der Waals surface area contributed by atoms with Crippen LogP contribution in [0.25, 0.3) is 0 Å². The van der Waals surface area contributed by atoms with Gasteiger partial charge in [-0.3, -0.25) is 0 Å². The van der Waals surface area contributed by atoms with Gasteiger partial charge in [-0.25, -0.2) is 0 Å². The monoisotopic (exact) mass is 349 g/mol. The molecule has 2 atom stereocenters. The predicted octanol–water partition coefficient (Wildman–Crippen LogP) is 5.43. The summed E-state index contributed by atoms with van der Waals surface area (Å²) < 4.78 is 6.59. The Morgan fingerprint density at radius 1 is 1.00 bits per heavy atom. The van der Waals surface area contributed by atoms with Gasteiger partial charge in [0.2, 0.25) is 0 Å². The molecule has 1 aliphatic carbocycles. The molecule has 4 rings (SSSR count). The Hall–Kier alpha value is -1.80. The molecule has 1 heterocycles. The van der Waals surface area contributed by atoms with E-state index in [4.69, 9.17) is 4.74 Å². The van der Waals surface area contributed by atoms with Gasteiger partial charge in [0.15, 0.2) is 0 Å². The molecule has 0 saturated heterocycles. The van der Waals surface area contributed by atoms with Gasteiger partial charge in [-0.15, -0.1) is 0 Å². The van der Waals surface area contributed by atoms with E-state index in [0.717, 1.165) is 25.3 Å². The average Bonchev–Trinajstić information content (AvgIpc) is 3.01. The first-order chi connectivity index (χ1) is 12.8. The van der Waals surface area contributed by atoms with Crippen molar-refractivity contribution in [2.45, 2.75) is 56.5 Å². The molecule has 2 aliphatic rings. The minimum absolute atomic E-state index is 0.0716. The van der Waals surface area contributed by atoms with Crippen LogP contribution in [0.5, 0.6) is 5.75 Å². The summed E-state index contributed by atoms with van der Waals surface area (Å²) in [6.07, 6.45) is 8.71. The average molecular weight is 350 g/mol. The van der Waals surface area contributed by atoms with E-state index in [9.17, 15) is 0 Å². The van der Waals surface area contributed by atoms with Crippen molar-refractivity contribution in [3.8, 4) is 5.75 Å². The number of benzene rings is 2. The van der Waals surface area contributed by atoms with Crippen molar-refractivity contribution in [1.29, 1.82) is 0 Å². The quantitative estimate of drug-likeness (QED) is 0.661. The van der Waals surface area contributed by atoms with Crippen molar-refractivity contribution in [2.24, 2.45) is 0 Å². The third kappa shape index (κ3) is 3.66. The lowest BCUT2D eigenvalue weighted by Gasteiger charge is -2.39. The van der Waals surface area contributed by atoms with Gasteiger partial charge in [0.25, 0.3) is 0 Å². The third-order valence-corrected chi connectivity index (χ3v) is 6.35. The van der Waals surface area contributed by atoms with Crippen LogP contribution in [0, 0.1) is 0 Å². The van der Waals surface area contributed by atoms with Crippen molar-refractivity contribution in [3.63, 3.8) is 0 Å². The van der Waals surface area contributed by atoms with Crippen molar-refractivity contribution in [1.82, 2.24) is 4.90 Å². The number of fused-ring (bicyclic) bond motifs is 3. The first-order valence-electron chi connectivity index (χ1n) is 10.3. The molecular weight excluding hydrogens is 318 g/mol. The smallest absolute Gasteiger partial charge is 0.123 e. The van der Waals surface area contributed by atoms with Gasteiger partial charge < -0.3 is 9.64 Å². The molecule has 2 aromatic carbocycles. The van der Waals surface area contributed by atoms with E-state index >= 15 is 0 Å². The molecule has 0 bridgehead atoms. The molecular formula is C24H31NO. The maximum absolute atomic E-state index is 6.59. The maximum atomic E-state index is 6.59. The molecule has 1 fully saturated rings. The first kappa shape index (κ1) is 17.6. The van der Waals surface area contributed by atoms with Gasteiger partial charge in [-0.2, -0.15) is 0 Å². The van der Waals surface area contributed by atoms with Gasteiger partial charge in [-0.05, 0) is 63.7 Å². The van der Waals surface area contributed by atoms with E-state index in [0.29, 0.717) is 5.92 Å². The maximum Gasteiger partial charge on any atom is 0.123 e. The molecule has 0 radical (unpaired) electrons. The molecule has 138 valence electrons. The molecule has 26 heavy (non-hydrogen) atoms. The second-order valence-electron chi connectivity index (χ2n) is 8.15. The van der Waals surface area contributed by atoms with Crippen molar-refractivity contribution in [3.05, 3.63) is 65.7 Å². The number of hydrogen-bond acceptors (Lipinski definition) is 2. The highest BCUT2D eigenvalue weighted by Crippen LogP contribution is 2.53. The topological polar surface area (TPSA) is 12.5 Å². The number of ether oxygens (including phenoxy) is 1. The van der Waals surface area contributed by atoms with Crippen LogP contribution >= 0.6 is 0 Å². The van der Waals surface area contributed by atoms with E-state index in [1.54, 1.807) is 0 Å². The largest absolute Gasteiger partial charge is 0.486 e. The number of rotatable bonds is 7. The van der Waals surface area contributed by atoms with E-state index in [1.807, 2.05) is 0 Å². The lowest BCUT2D eigenvalue weighted by molar-refractivity contribution is 0.0235. The summed E-state index contributed by atoms with van der Waals surface area (Å²) in [7, 11) is 2.25. The zero-order chi connectivity index (χ0) is 17.8. The Labute approximate surface area is 158 Å². The second kappa shape index (κ2) is 7.84. The minimum atomic E-state index is 0.0716. The normalized spacial score (nSPS) is 24.2. The van der Waals surface area contributed by atoms with Crippen molar-refractivity contribution < 1.29 is 4.74 Å². The molecule has 0 amide bonds. The zero-order valence-electron chi connectivity index (χ0n) is 16.0. The predicted molar refractivity (Wildman–Crippen MR) is 108 cm³/mol. The van der Waals surface area contributed by atoms with Crippen LogP contribution in [0.1, 0.15) is 55.6 Å². The molecule has 0 spiro atoms. The standard InChI is InChI=1S/C24H31NO/c1-25(19-15-20-10-3-2-4-11-20)18-9-17-24-16-8-7-13-22(24)21-12-5-6-14-23(21)26-24/h2-6,10-12,14,22H,7-9,13,15-19H2,1H3/t22-,24+/m0/s1. The van der Waals surface area contributed by atoms with Crippen LogP contribution in [0.2, 0.25) is 0 Å². The Balaban J connectivity index is 1.31. The number of nitrogens with zero attached hydrogens (tertiary/aromatic N) is 1. The van der Waals surface area contributed by atoms with Crippen molar-refractivity contribution in [2.75, 3.05) is 20.1 Å². The molecule has 2 aromatic rings. The highest BCUT2D eigenvalue weighted by molar-refractivity contribution is 5.43. The van der Waals surface area contributed by atoms with Crippen LogP contribution in [0.4, 0.5) is 0 Å². The van der Waals surface area contributed by atoms with Gasteiger partial charge in [0.1, 0.15) is 11.4 Å². The lowest BCUT2D eigenvalue weighted by Crippen LogP contribution is -2.41. The van der Waals surface area contributed by atoms with Crippen LogP contribution < -0.4 is 4.74 Å². The van der Waals surface area contributed by atoms with Crippen LogP contribution in [-0.2, 0) is 6.42 Å². The third-order valence-electron chi connectivity index (χ3n) is 6.35. The Bertz CT molecular complexity index is 713. The molecule has 0 aromatic heterocycles. The molecule has 2 nitrogen and oxygen atoms in total. The molecule has 1 aliphatic heterocycles. The molecule has 2 heteroatoms. The number of likely N-dealkylation sites (N-methyl/N-ethyl adjacent to an activating group) is 1. The van der Waals surface area contributed by atoms with E-state index in [1.165, 1.54) is 49.7 Å².